The maximum absolute atomic E-state index is 13.2. The Kier molecular flexibility index (Phi) is 5.15. The number of ether oxygens (including phenoxy) is 1. The van der Waals surface area contributed by atoms with E-state index in [1.54, 1.807) is 11.8 Å². The third-order valence-electron chi connectivity index (χ3n) is 6.29. The van der Waals surface area contributed by atoms with Crippen molar-refractivity contribution in [3.8, 4) is 5.75 Å². The number of likely N-dealkylation sites (tertiary alicyclic amines) is 2. The summed E-state index contributed by atoms with van der Waals surface area (Å²) in [4.78, 5) is 17.6. The lowest BCUT2D eigenvalue weighted by molar-refractivity contribution is 0.0757. The fraction of sp³-hybridized carbons (Fsp3) is 0.545. The van der Waals surface area contributed by atoms with Gasteiger partial charge in [-0.05, 0) is 43.1 Å². The van der Waals surface area contributed by atoms with E-state index in [4.69, 9.17) is 4.74 Å². The van der Waals surface area contributed by atoms with Crippen molar-refractivity contribution in [2.45, 2.75) is 25.8 Å². The van der Waals surface area contributed by atoms with Crippen molar-refractivity contribution in [2.24, 2.45) is 18.9 Å². The number of carbonyl (C=O) groups excluding carboxylic acids is 1. The standard InChI is InChI=1S/C22H30N4O2/c1-5-6-17-11-20(25(3)23-17)22(27)26-13-16-12-24(2)21(19(16)14-26)15-7-9-18(28-4)10-8-15/h7-11,16,19,21H,5-6,12-14H2,1-4H3/t16-,19+,21+/m0/s1. The molecule has 2 aromatic rings. The topological polar surface area (TPSA) is 50.6 Å². The largest absolute Gasteiger partial charge is 0.497 e. The van der Waals surface area contributed by atoms with Crippen LogP contribution in [0.5, 0.6) is 5.75 Å². The lowest BCUT2D eigenvalue weighted by Crippen LogP contribution is -2.34. The van der Waals surface area contributed by atoms with Crippen LogP contribution < -0.4 is 4.74 Å². The second-order valence-electron chi connectivity index (χ2n) is 8.19. The SMILES string of the molecule is CCCc1cc(C(=O)N2C[C@@H]3CN(C)[C@H](c4ccc(OC)cc4)[C@@H]3C2)n(C)n1. The summed E-state index contributed by atoms with van der Waals surface area (Å²) in [5.74, 6) is 1.97. The highest BCUT2D eigenvalue weighted by Crippen LogP contribution is 2.44. The maximum Gasteiger partial charge on any atom is 0.272 e. The van der Waals surface area contributed by atoms with Crippen LogP contribution in [-0.2, 0) is 13.5 Å². The summed E-state index contributed by atoms with van der Waals surface area (Å²) < 4.78 is 7.04. The van der Waals surface area contributed by atoms with Crippen LogP contribution in [0.25, 0.3) is 0 Å². The fourth-order valence-electron chi connectivity index (χ4n) is 4.99. The third-order valence-corrected chi connectivity index (χ3v) is 6.29. The molecule has 3 atom stereocenters. The molecule has 6 heteroatoms. The minimum atomic E-state index is 0.114. The van der Waals surface area contributed by atoms with Gasteiger partial charge in [0.25, 0.3) is 5.91 Å². The first-order valence-corrected chi connectivity index (χ1v) is 10.2. The smallest absolute Gasteiger partial charge is 0.272 e. The summed E-state index contributed by atoms with van der Waals surface area (Å²) in [7, 11) is 5.76. The van der Waals surface area contributed by atoms with Crippen molar-refractivity contribution in [1.29, 1.82) is 0 Å². The Morgan fingerprint density at radius 1 is 1.18 bits per heavy atom. The van der Waals surface area contributed by atoms with E-state index in [0.29, 0.717) is 23.6 Å². The Morgan fingerprint density at radius 2 is 1.93 bits per heavy atom. The summed E-state index contributed by atoms with van der Waals surface area (Å²) in [6, 6.07) is 10.7. The number of benzene rings is 1. The van der Waals surface area contributed by atoms with Gasteiger partial charge in [-0.2, -0.15) is 5.10 Å². The molecule has 2 aliphatic rings. The molecule has 2 aliphatic heterocycles. The third kappa shape index (κ3) is 3.30. The summed E-state index contributed by atoms with van der Waals surface area (Å²) in [6.07, 6.45) is 1.95. The van der Waals surface area contributed by atoms with Gasteiger partial charge < -0.3 is 9.64 Å². The zero-order valence-electron chi connectivity index (χ0n) is 17.3. The van der Waals surface area contributed by atoms with Crippen LogP contribution in [0.15, 0.2) is 30.3 Å². The highest BCUT2D eigenvalue weighted by molar-refractivity contribution is 5.93. The number of nitrogens with zero attached hydrogens (tertiary/aromatic N) is 4. The lowest BCUT2D eigenvalue weighted by atomic mass is 9.89. The van der Waals surface area contributed by atoms with Crippen LogP contribution in [-0.4, -0.2) is 59.3 Å². The molecule has 0 bridgehead atoms. The molecular formula is C22H30N4O2. The predicted molar refractivity (Wildman–Crippen MR) is 108 cm³/mol. The highest BCUT2D eigenvalue weighted by atomic mass is 16.5. The predicted octanol–water partition coefficient (Wildman–Crippen LogP) is 2.76. The summed E-state index contributed by atoms with van der Waals surface area (Å²) in [5.41, 5.74) is 3.01. The van der Waals surface area contributed by atoms with Crippen LogP contribution in [0.4, 0.5) is 0 Å². The summed E-state index contributed by atoms with van der Waals surface area (Å²) in [5, 5.41) is 4.51. The first kappa shape index (κ1) is 19.0. The molecule has 0 radical (unpaired) electrons. The zero-order valence-corrected chi connectivity index (χ0v) is 17.3. The molecule has 150 valence electrons. The van der Waals surface area contributed by atoms with Gasteiger partial charge in [0.15, 0.2) is 0 Å². The molecule has 3 heterocycles. The van der Waals surface area contributed by atoms with E-state index in [1.165, 1.54) is 5.56 Å². The van der Waals surface area contributed by atoms with E-state index in [-0.39, 0.29) is 5.91 Å². The Hall–Kier alpha value is -2.34. The molecule has 1 amide bonds. The van der Waals surface area contributed by atoms with E-state index in [9.17, 15) is 4.79 Å². The van der Waals surface area contributed by atoms with Crippen molar-refractivity contribution >= 4 is 5.91 Å². The van der Waals surface area contributed by atoms with Crippen LogP contribution in [0.2, 0.25) is 0 Å². The van der Waals surface area contributed by atoms with E-state index < -0.39 is 0 Å². The van der Waals surface area contributed by atoms with Gasteiger partial charge in [-0.1, -0.05) is 25.5 Å². The average molecular weight is 383 g/mol. The Morgan fingerprint density at radius 3 is 2.61 bits per heavy atom. The van der Waals surface area contributed by atoms with Gasteiger partial charge in [-0.15, -0.1) is 0 Å². The fourth-order valence-corrected chi connectivity index (χ4v) is 4.99. The number of carbonyl (C=O) groups is 1. The first-order valence-electron chi connectivity index (χ1n) is 10.2. The van der Waals surface area contributed by atoms with Gasteiger partial charge in [0.05, 0.1) is 12.8 Å². The quantitative estimate of drug-likeness (QED) is 0.798. The number of amides is 1. The molecule has 0 unspecified atom stereocenters. The summed E-state index contributed by atoms with van der Waals surface area (Å²) >= 11 is 0. The lowest BCUT2D eigenvalue weighted by Gasteiger charge is -2.27. The van der Waals surface area contributed by atoms with Crippen molar-refractivity contribution < 1.29 is 9.53 Å². The second kappa shape index (κ2) is 7.59. The van der Waals surface area contributed by atoms with Crippen molar-refractivity contribution in [3.05, 3.63) is 47.3 Å². The zero-order chi connectivity index (χ0) is 19.8. The van der Waals surface area contributed by atoms with Crippen molar-refractivity contribution in [1.82, 2.24) is 19.6 Å². The minimum Gasteiger partial charge on any atom is -0.497 e. The average Bonchev–Trinajstić information content (AvgIpc) is 3.34. The normalized spacial score (nSPS) is 24.6. The van der Waals surface area contributed by atoms with Crippen molar-refractivity contribution in [2.75, 3.05) is 33.8 Å². The molecule has 0 saturated carbocycles. The van der Waals surface area contributed by atoms with E-state index in [2.05, 4.69) is 36.1 Å². The molecule has 2 saturated heterocycles. The number of rotatable bonds is 5. The molecule has 1 aromatic heterocycles. The Bertz CT molecular complexity index is 845. The van der Waals surface area contributed by atoms with Crippen LogP contribution in [0.1, 0.15) is 41.1 Å². The van der Waals surface area contributed by atoms with Gasteiger partial charge in [0.1, 0.15) is 11.4 Å². The van der Waals surface area contributed by atoms with Crippen LogP contribution >= 0.6 is 0 Å². The number of hydrogen-bond donors (Lipinski definition) is 0. The molecule has 0 spiro atoms. The number of hydrogen-bond acceptors (Lipinski definition) is 4. The van der Waals surface area contributed by atoms with Gasteiger partial charge >= 0.3 is 0 Å². The Balaban J connectivity index is 1.51. The number of methoxy groups -OCH3 is 1. The first-order chi connectivity index (χ1) is 13.5. The van der Waals surface area contributed by atoms with Crippen LogP contribution in [0.3, 0.4) is 0 Å². The molecular weight excluding hydrogens is 352 g/mol. The van der Waals surface area contributed by atoms with E-state index in [1.807, 2.05) is 30.1 Å². The van der Waals surface area contributed by atoms with E-state index in [0.717, 1.165) is 43.9 Å². The molecule has 0 aliphatic carbocycles. The minimum absolute atomic E-state index is 0.114. The van der Waals surface area contributed by atoms with Crippen molar-refractivity contribution in [3.63, 3.8) is 0 Å². The highest BCUT2D eigenvalue weighted by Gasteiger charge is 2.47. The molecule has 0 N–H and O–H groups in total. The molecule has 2 fully saturated rings. The Labute approximate surface area is 167 Å². The van der Waals surface area contributed by atoms with Gasteiger partial charge in [0, 0.05) is 38.6 Å². The second-order valence-corrected chi connectivity index (χ2v) is 8.19. The summed E-state index contributed by atoms with van der Waals surface area (Å²) in [6.45, 7) is 4.79. The molecule has 1 aromatic carbocycles. The van der Waals surface area contributed by atoms with E-state index >= 15 is 0 Å². The van der Waals surface area contributed by atoms with Gasteiger partial charge in [-0.25, -0.2) is 0 Å². The molecule has 6 nitrogen and oxygen atoms in total. The maximum atomic E-state index is 13.2. The van der Waals surface area contributed by atoms with Crippen LogP contribution in [0, 0.1) is 11.8 Å². The number of fused-ring (bicyclic) bond motifs is 1. The van der Waals surface area contributed by atoms with Gasteiger partial charge in [0.2, 0.25) is 0 Å². The monoisotopic (exact) mass is 382 g/mol. The molecule has 4 rings (SSSR count). The number of aromatic nitrogens is 2. The van der Waals surface area contributed by atoms with Gasteiger partial charge in [-0.3, -0.25) is 14.4 Å². The number of aryl methyl sites for hydroxylation is 2. The molecule has 28 heavy (non-hydrogen) atoms.